The van der Waals surface area contributed by atoms with Crippen LogP contribution in [0.3, 0.4) is 0 Å². The summed E-state index contributed by atoms with van der Waals surface area (Å²) in [5.41, 5.74) is 0. The maximum atomic E-state index is 12.9. The molecule has 0 heterocycles. The van der Waals surface area contributed by atoms with Gasteiger partial charge in [-0.1, -0.05) is 18.2 Å². The van der Waals surface area contributed by atoms with E-state index in [-0.39, 0.29) is 23.3 Å². The molecule has 0 aliphatic carbocycles. The van der Waals surface area contributed by atoms with E-state index in [1.807, 2.05) is 0 Å². The third-order valence-corrected chi connectivity index (χ3v) is 1.83. The molecule has 0 aromatic heterocycles. The van der Waals surface area contributed by atoms with Crippen LogP contribution in [0.2, 0.25) is 5.02 Å². The number of amides is 1. The zero-order valence-electron chi connectivity index (χ0n) is 7.80. The highest BCUT2D eigenvalue weighted by atomic mass is 35.5. The van der Waals surface area contributed by atoms with Gasteiger partial charge in [-0.05, 0) is 18.3 Å². The fourth-order valence-corrected chi connectivity index (χ4v) is 0.989. The number of rotatable bonds is 4. The van der Waals surface area contributed by atoms with E-state index >= 15 is 0 Å². The Kier molecular flexibility index (Phi) is 4.12. The Morgan fingerprint density at radius 3 is 3.00 bits per heavy atom. The lowest BCUT2D eigenvalue weighted by Gasteiger charge is -2.05. The molecule has 1 amide bonds. The molecule has 0 bridgehead atoms. The van der Waals surface area contributed by atoms with Crippen LogP contribution < -0.4 is 10.1 Å². The van der Waals surface area contributed by atoms with Crippen molar-refractivity contribution in [1.82, 2.24) is 5.32 Å². The molecule has 0 radical (unpaired) electrons. The summed E-state index contributed by atoms with van der Waals surface area (Å²) in [5.74, 6) is -0.699. The van der Waals surface area contributed by atoms with E-state index in [0.717, 1.165) is 6.07 Å². The molecule has 80 valence electrons. The molecular formula is C10H9ClFNO2. The summed E-state index contributed by atoms with van der Waals surface area (Å²) in [6.45, 7) is 3.12. The largest absolute Gasteiger partial charge is 0.484 e. The Bertz CT molecular complexity index is 382. The van der Waals surface area contributed by atoms with Crippen LogP contribution in [0.25, 0.3) is 0 Å². The smallest absolute Gasteiger partial charge is 0.261 e. The van der Waals surface area contributed by atoms with Gasteiger partial charge in [0, 0.05) is 6.07 Å². The second-order valence-corrected chi connectivity index (χ2v) is 3.04. The lowest BCUT2D eigenvalue weighted by atomic mass is 10.3. The number of hydrogen-bond acceptors (Lipinski definition) is 2. The minimum atomic E-state index is -0.585. The first kappa shape index (κ1) is 11.5. The average molecular weight is 230 g/mol. The highest BCUT2D eigenvalue weighted by Crippen LogP contribution is 2.20. The van der Waals surface area contributed by atoms with Crippen LogP contribution in [-0.2, 0) is 4.79 Å². The highest BCUT2D eigenvalue weighted by Gasteiger charge is 2.03. The Labute approximate surface area is 91.5 Å². The molecule has 1 aromatic rings. The standard InChI is InChI=1S/C10H9ClFNO2/c1-2-13-10(14)6-15-7-3-4-8(11)9(12)5-7/h2-5H,1,6H2,(H,13,14). The Morgan fingerprint density at radius 1 is 1.67 bits per heavy atom. The van der Waals surface area contributed by atoms with Crippen molar-refractivity contribution in [2.24, 2.45) is 0 Å². The van der Waals surface area contributed by atoms with Gasteiger partial charge in [0.15, 0.2) is 6.61 Å². The zero-order valence-corrected chi connectivity index (χ0v) is 8.55. The fraction of sp³-hybridized carbons (Fsp3) is 0.100. The van der Waals surface area contributed by atoms with Gasteiger partial charge in [-0.15, -0.1) is 0 Å². The molecule has 0 unspecified atom stereocenters. The van der Waals surface area contributed by atoms with Gasteiger partial charge in [0.2, 0.25) is 0 Å². The Hall–Kier alpha value is -1.55. The van der Waals surface area contributed by atoms with E-state index < -0.39 is 5.82 Å². The van der Waals surface area contributed by atoms with Crippen molar-refractivity contribution < 1.29 is 13.9 Å². The van der Waals surface area contributed by atoms with E-state index in [2.05, 4.69) is 11.9 Å². The normalized spacial score (nSPS) is 9.47. The SMILES string of the molecule is C=CNC(=O)COc1ccc(Cl)c(F)c1. The van der Waals surface area contributed by atoms with Gasteiger partial charge in [-0.3, -0.25) is 4.79 Å². The van der Waals surface area contributed by atoms with Crippen molar-refractivity contribution in [3.05, 3.63) is 41.8 Å². The van der Waals surface area contributed by atoms with Gasteiger partial charge in [0.1, 0.15) is 11.6 Å². The van der Waals surface area contributed by atoms with Crippen LogP contribution in [0.4, 0.5) is 4.39 Å². The van der Waals surface area contributed by atoms with Crippen LogP contribution in [0.15, 0.2) is 31.0 Å². The van der Waals surface area contributed by atoms with Crippen molar-refractivity contribution in [1.29, 1.82) is 0 Å². The maximum Gasteiger partial charge on any atom is 0.261 e. The molecule has 0 aliphatic rings. The summed E-state index contributed by atoms with van der Waals surface area (Å²) in [7, 11) is 0. The monoisotopic (exact) mass is 229 g/mol. The third kappa shape index (κ3) is 3.59. The molecule has 15 heavy (non-hydrogen) atoms. The summed E-state index contributed by atoms with van der Waals surface area (Å²) in [4.78, 5) is 10.9. The summed E-state index contributed by atoms with van der Waals surface area (Å²) < 4.78 is 17.9. The van der Waals surface area contributed by atoms with Crippen LogP contribution in [-0.4, -0.2) is 12.5 Å². The number of halogens is 2. The van der Waals surface area contributed by atoms with E-state index in [9.17, 15) is 9.18 Å². The van der Waals surface area contributed by atoms with E-state index in [0.29, 0.717) is 0 Å². The first-order valence-corrected chi connectivity index (χ1v) is 4.49. The maximum absolute atomic E-state index is 12.9. The van der Waals surface area contributed by atoms with Gasteiger partial charge >= 0.3 is 0 Å². The van der Waals surface area contributed by atoms with Crippen LogP contribution >= 0.6 is 11.6 Å². The van der Waals surface area contributed by atoms with Crippen LogP contribution in [0.1, 0.15) is 0 Å². The summed E-state index contributed by atoms with van der Waals surface area (Å²) in [6, 6.07) is 3.95. The fourth-order valence-electron chi connectivity index (χ4n) is 0.871. The van der Waals surface area contributed by atoms with Gasteiger partial charge in [-0.2, -0.15) is 0 Å². The van der Waals surface area contributed by atoms with Gasteiger partial charge in [0.05, 0.1) is 5.02 Å². The third-order valence-electron chi connectivity index (χ3n) is 1.52. The van der Waals surface area contributed by atoms with Gasteiger partial charge in [-0.25, -0.2) is 4.39 Å². The number of hydrogen-bond donors (Lipinski definition) is 1. The summed E-state index contributed by atoms with van der Waals surface area (Å²) in [6.07, 6.45) is 1.24. The summed E-state index contributed by atoms with van der Waals surface area (Å²) >= 11 is 5.47. The zero-order chi connectivity index (χ0) is 11.3. The highest BCUT2D eigenvalue weighted by molar-refractivity contribution is 6.30. The van der Waals surface area contributed by atoms with E-state index in [1.165, 1.54) is 18.3 Å². The molecule has 0 aliphatic heterocycles. The first-order chi connectivity index (χ1) is 7.13. The molecule has 0 atom stereocenters. The number of ether oxygens (including phenoxy) is 1. The molecule has 3 nitrogen and oxygen atoms in total. The Morgan fingerprint density at radius 2 is 2.40 bits per heavy atom. The molecule has 5 heteroatoms. The summed E-state index contributed by atoms with van der Waals surface area (Å²) in [5, 5.41) is 2.33. The molecule has 1 aromatic carbocycles. The molecule has 0 spiro atoms. The van der Waals surface area contributed by atoms with Crippen molar-refractivity contribution >= 4 is 17.5 Å². The predicted octanol–water partition coefficient (Wildman–Crippen LogP) is 2.12. The lowest BCUT2D eigenvalue weighted by molar-refractivity contribution is -0.122. The molecule has 1 rings (SSSR count). The minimum Gasteiger partial charge on any atom is -0.484 e. The molecular weight excluding hydrogens is 221 g/mol. The molecule has 0 saturated heterocycles. The molecule has 0 saturated carbocycles. The number of benzene rings is 1. The number of nitrogens with one attached hydrogen (secondary N) is 1. The van der Waals surface area contributed by atoms with E-state index in [4.69, 9.17) is 16.3 Å². The molecule has 1 N–H and O–H groups in total. The molecule has 0 fully saturated rings. The van der Waals surface area contributed by atoms with E-state index in [1.54, 1.807) is 0 Å². The second-order valence-electron chi connectivity index (χ2n) is 2.64. The quantitative estimate of drug-likeness (QED) is 0.859. The van der Waals surface area contributed by atoms with Crippen molar-refractivity contribution in [2.75, 3.05) is 6.61 Å². The van der Waals surface area contributed by atoms with Crippen molar-refractivity contribution in [3.63, 3.8) is 0 Å². The van der Waals surface area contributed by atoms with Crippen molar-refractivity contribution in [2.45, 2.75) is 0 Å². The van der Waals surface area contributed by atoms with Crippen molar-refractivity contribution in [3.8, 4) is 5.75 Å². The average Bonchev–Trinajstić information content (AvgIpc) is 2.20. The lowest BCUT2D eigenvalue weighted by Crippen LogP contribution is -2.23. The number of carbonyl (C=O) groups is 1. The first-order valence-electron chi connectivity index (χ1n) is 4.11. The second kappa shape index (κ2) is 5.36. The number of carbonyl (C=O) groups excluding carboxylic acids is 1. The predicted molar refractivity (Wildman–Crippen MR) is 55.2 cm³/mol. The van der Waals surface area contributed by atoms with Crippen LogP contribution in [0, 0.1) is 5.82 Å². The minimum absolute atomic E-state index is 0.0119. The van der Waals surface area contributed by atoms with Gasteiger partial charge in [0.25, 0.3) is 5.91 Å². The topological polar surface area (TPSA) is 38.3 Å². The van der Waals surface area contributed by atoms with Crippen LogP contribution in [0.5, 0.6) is 5.75 Å². The van der Waals surface area contributed by atoms with Gasteiger partial charge < -0.3 is 10.1 Å². The Balaban J connectivity index is 2.54.